The van der Waals surface area contributed by atoms with Gasteiger partial charge in [-0.05, 0) is 68.8 Å². The van der Waals surface area contributed by atoms with E-state index in [0.717, 1.165) is 22.6 Å². The Morgan fingerprint density at radius 2 is 1.45 bits per heavy atom. The van der Waals surface area contributed by atoms with Crippen molar-refractivity contribution < 1.29 is 31.2 Å². The second-order valence-corrected chi connectivity index (χ2v) is 14.7. The molecule has 0 spiro atoms. The van der Waals surface area contributed by atoms with Gasteiger partial charge in [0.1, 0.15) is 12.6 Å². The lowest BCUT2D eigenvalue weighted by molar-refractivity contribution is -0.140. The highest BCUT2D eigenvalue weighted by molar-refractivity contribution is 7.92. The topological polar surface area (TPSA) is 86.8 Å². The van der Waals surface area contributed by atoms with Crippen molar-refractivity contribution in [3.8, 4) is 0 Å². The number of alkyl halides is 3. The Kier molecular flexibility index (Phi) is 12.3. The van der Waals surface area contributed by atoms with Crippen LogP contribution in [-0.4, -0.2) is 43.8 Å². The molecule has 0 aromatic heterocycles. The van der Waals surface area contributed by atoms with Crippen molar-refractivity contribution in [1.82, 2.24) is 10.2 Å². The molecule has 0 saturated heterocycles. The summed E-state index contributed by atoms with van der Waals surface area (Å²) in [4.78, 5) is 29.3. The summed E-state index contributed by atoms with van der Waals surface area (Å²) in [5.74, 6) is -1.45. The van der Waals surface area contributed by atoms with E-state index in [1.807, 2.05) is 0 Å². The molecule has 0 radical (unpaired) electrons. The number of nitrogens with zero attached hydrogens (tertiary/aromatic N) is 2. The highest BCUT2D eigenvalue weighted by atomic mass is 35.5. The predicted molar refractivity (Wildman–Crippen MR) is 186 cm³/mol. The zero-order valence-electron chi connectivity index (χ0n) is 26.6. The lowest BCUT2D eigenvalue weighted by Crippen LogP contribution is -2.54. The summed E-state index contributed by atoms with van der Waals surface area (Å²) in [7, 11) is -4.66. The normalized spacial score (nSPS) is 12.4. The molecule has 1 N–H and O–H groups in total. The van der Waals surface area contributed by atoms with Crippen molar-refractivity contribution in [3.63, 3.8) is 0 Å². The summed E-state index contributed by atoms with van der Waals surface area (Å²) in [5.41, 5.74) is -0.0524. The van der Waals surface area contributed by atoms with Gasteiger partial charge in [-0.25, -0.2) is 8.42 Å². The minimum atomic E-state index is -4.93. The van der Waals surface area contributed by atoms with Gasteiger partial charge in [0.25, 0.3) is 10.0 Å². The van der Waals surface area contributed by atoms with Crippen LogP contribution in [0.15, 0.2) is 95.9 Å². The summed E-state index contributed by atoms with van der Waals surface area (Å²) in [6, 6.07) is 20.2. The molecule has 1 atom stereocenters. The number of hydrogen-bond acceptors (Lipinski definition) is 4. The van der Waals surface area contributed by atoms with Crippen LogP contribution in [0, 0.1) is 6.92 Å². The van der Waals surface area contributed by atoms with Crippen molar-refractivity contribution >= 4 is 62.3 Å². The van der Waals surface area contributed by atoms with Crippen LogP contribution in [0.5, 0.6) is 0 Å². The van der Waals surface area contributed by atoms with E-state index < -0.39 is 56.9 Å². The standard InChI is InChI=1S/C35H33Cl3F3N3O4S/c1-22(2)42-34(46)32(18-24-8-5-4-6-9-24)43(20-27-29(36)10-7-11-30(27)37)33(45)21-44(49(47,48)26-15-12-23(3)13-16-26)25-14-17-31(38)28(19-25)35(39,40)41/h4-17,19,22,32H,18,20-21H2,1-3H3,(H,42,46). The molecule has 0 aliphatic heterocycles. The maximum Gasteiger partial charge on any atom is 0.417 e. The molecule has 4 aromatic rings. The first-order chi connectivity index (χ1) is 23.0. The lowest BCUT2D eigenvalue weighted by atomic mass is 10.0. The third kappa shape index (κ3) is 9.48. The molecule has 0 saturated carbocycles. The molecule has 260 valence electrons. The Balaban J connectivity index is 1.90. The average Bonchev–Trinajstić information content (AvgIpc) is 3.02. The number of benzene rings is 4. The summed E-state index contributed by atoms with van der Waals surface area (Å²) >= 11 is 18.9. The van der Waals surface area contributed by atoms with Crippen LogP contribution < -0.4 is 9.62 Å². The van der Waals surface area contributed by atoms with Crippen LogP contribution in [0.2, 0.25) is 15.1 Å². The Bertz CT molecular complexity index is 1890. The number of halogens is 6. The van der Waals surface area contributed by atoms with Crippen LogP contribution in [0.25, 0.3) is 0 Å². The highest BCUT2D eigenvalue weighted by Gasteiger charge is 2.38. The molecule has 0 aliphatic carbocycles. The first-order valence-electron chi connectivity index (χ1n) is 15.0. The van der Waals surface area contributed by atoms with E-state index in [4.69, 9.17) is 34.8 Å². The van der Waals surface area contributed by atoms with Gasteiger partial charge in [-0.15, -0.1) is 0 Å². The van der Waals surface area contributed by atoms with E-state index in [-0.39, 0.29) is 39.5 Å². The molecule has 0 aliphatic rings. The number of rotatable bonds is 12. The van der Waals surface area contributed by atoms with Gasteiger partial charge in [0.05, 0.1) is 21.2 Å². The second kappa shape index (κ2) is 15.8. The minimum absolute atomic E-state index is 0.0110. The van der Waals surface area contributed by atoms with Gasteiger partial charge in [0, 0.05) is 34.6 Å². The molecule has 4 rings (SSSR count). The molecule has 0 heterocycles. The third-order valence-electron chi connectivity index (χ3n) is 7.52. The summed E-state index contributed by atoms with van der Waals surface area (Å²) in [6.07, 6.45) is -4.92. The van der Waals surface area contributed by atoms with Crippen LogP contribution in [0.1, 0.15) is 36.1 Å². The van der Waals surface area contributed by atoms with Crippen molar-refractivity contribution in [2.45, 2.75) is 56.9 Å². The van der Waals surface area contributed by atoms with E-state index in [1.54, 1.807) is 69.3 Å². The van der Waals surface area contributed by atoms with Crippen molar-refractivity contribution in [2.75, 3.05) is 10.8 Å². The SMILES string of the molecule is Cc1ccc(S(=O)(=O)N(CC(=O)N(Cc2c(Cl)cccc2Cl)C(Cc2ccccc2)C(=O)NC(C)C)c2ccc(Cl)c(C(F)(F)F)c2)cc1. The molecule has 1 unspecified atom stereocenters. The number of amides is 2. The van der Waals surface area contributed by atoms with E-state index in [0.29, 0.717) is 15.9 Å². The first kappa shape index (κ1) is 38.0. The van der Waals surface area contributed by atoms with Gasteiger partial charge in [-0.2, -0.15) is 13.2 Å². The molecule has 49 heavy (non-hydrogen) atoms. The van der Waals surface area contributed by atoms with E-state index >= 15 is 0 Å². The second-order valence-electron chi connectivity index (χ2n) is 11.6. The zero-order chi connectivity index (χ0) is 36.1. The smallest absolute Gasteiger partial charge is 0.352 e. The summed E-state index contributed by atoms with van der Waals surface area (Å²) in [5, 5.41) is 2.54. The Morgan fingerprint density at radius 3 is 2.02 bits per heavy atom. The number of carbonyl (C=O) groups excluding carboxylic acids is 2. The highest BCUT2D eigenvalue weighted by Crippen LogP contribution is 2.38. The van der Waals surface area contributed by atoms with Gasteiger partial charge in [0.15, 0.2) is 0 Å². The average molecular weight is 755 g/mol. The van der Waals surface area contributed by atoms with E-state index in [1.165, 1.54) is 24.3 Å². The number of anilines is 1. The quantitative estimate of drug-likeness (QED) is 0.158. The van der Waals surface area contributed by atoms with Gasteiger partial charge in [-0.1, -0.05) is 88.9 Å². The fourth-order valence-corrected chi connectivity index (χ4v) is 7.19. The molecule has 2 amide bonds. The van der Waals surface area contributed by atoms with E-state index in [9.17, 15) is 31.2 Å². The monoisotopic (exact) mass is 753 g/mol. The largest absolute Gasteiger partial charge is 0.417 e. The van der Waals surface area contributed by atoms with Crippen LogP contribution in [0.4, 0.5) is 18.9 Å². The summed E-state index contributed by atoms with van der Waals surface area (Å²) in [6.45, 7) is 3.90. The van der Waals surface area contributed by atoms with Crippen molar-refractivity contribution in [2.24, 2.45) is 0 Å². The molecule has 0 fully saturated rings. The van der Waals surface area contributed by atoms with Gasteiger partial charge < -0.3 is 10.2 Å². The Hall–Kier alpha value is -3.77. The van der Waals surface area contributed by atoms with E-state index in [2.05, 4.69) is 5.32 Å². The number of hydrogen-bond donors (Lipinski definition) is 1. The number of sulfonamides is 1. The van der Waals surface area contributed by atoms with Gasteiger partial charge >= 0.3 is 6.18 Å². The van der Waals surface area contributed by atoms with Crippen LogP contribution in [0.3, 0.4) is 0 Å². The van der Waals surface area contributed by atoms with Gasteiger partial charge in [0.2, 0.25) is 11.8 Å². The Morgan fingerprint density at radius 1 is 0.837 bits per heavy atom. The predicted octanol–water partition coefficient (Wildman–Crippen LogP) is 8.33. The van der Waals surface area contributed by atoms with Crippen molar-refractivity contribution in [3.05, 3.63) is 128 Å². The fourth-order valence-electron chi connectivity index (χ4n) is 5.04. The third-order valence-corrected chi connectivity index (χ3v) is 10.3. The maximum absolute atomic E-state index is 14.6. The minimum Gasteiger partial charge on any atom is -0.352 e. The molecular formula is C35H33Cl3F3N3O4S. The first-order valence-corrected chi connectivity index (χ1v) is 17.6. The molecule has 7 nitrogen and oxygen atoms in total. The van der Waals surface area contributed by atoms with Crippen molar-refractivity contribution in [1.29, 1.82) is 0 Å². The zero-order valence-corrected chi connectivity index (χ0v) is 29.7. The molecule has 14 heteroatoms. The van der Waals surface area contributed by atoms with Gasteiger partial charge in [-0.3, -0.25) is 13.9 Å². The number of nitrogens with one attached hydrogen (secondary N) is 1. The van der Waals surface area contributed by atoms with Crippen LogP contribution in [-0.2, 0) is 38.8 Å². The Labute approximate surface area is 298 Å². The lowest BCUT2D eigenvalue weighted by Gasteiger charge is -2.34. The number of aryl methyl sites for hydroxylation is 1. The fraction of sp³-hybridized carbons (Fsp3) is 0.257. The van der Waals surface area contributed by atoms with Crippen LogP contribution >= 0.6 is 34.8 Å². The summed E-state index contributed by atoms with van der Waals surface area (Å²) < 4.78 is 70.8. The number of carbonyl (C=O) groups is 2. The maximum atomic E-state index is 14.6. The molecule has 4 aromatic carbocycles. The molecule has 0 bridgehead atoms. The molecular weight excluding hydrogens is 722 g/mol.